The van der Waals surface area contributed by atoms with Crippen LogP contribution in [-0.4, -0.2) is 11.9 Å². The molecule has 0 saturated carbocycles. The summed E-state index contributed by atoms with van der Waals surface area (Å²) < 4.78 is 0. The first-order chi connectivity index (χ1) is 18.5. The molecule has 1 atom stereocenters. The lowest BCUT2D eigenvalue weighted by Crippen LogP contribution is -2.22. The number of benzene rings is 3. The predicted octanol–water partition coefficient (Wildman–Crippen LogP) is 9.76. The minimum absolute atomic E-state index is 0.240. The maximum Gasteiger partial charge on any atom is 0.0726 e. The molecule has 0 spiro atoms. The zero-order chi connectivity index (χ0) is 26.9. The number of rotatable bonds is 10. The number of aryl methyl sites for hydroxylation is 2. The highest BCUT2D eigenvalue weighted by Gasteiger charge is 2.22. The van der Waals surface area contributed by atoms with Gasteiger partial charge in [-0.1, -0.05) is 117 Å². The van der Waals surface area contributed by atoms with Crippen LogP contribution in [0.1, 0.15) is 67.5 Å². The molecule has 1 aliphatic rings. The summed E-state index contributed by atoms with van der Waals surface area (Å²) in [5, 5.41) is 0. The van der Waals surface area contributed by atoms with E-state index in [0.717, 1.165) is 25.7 Å². The van der Waals surface area contributed by atoms with E-state index in [4.69, 9.17) is 0 Å². The molecule has 38 heavy (non-hydrogen) atoms. The lowest BCUT2D eigenvalue weighted by molar-refractivity contribution is 0.387. The van der Waals surface area contributed by atoms with Gasteiger partial charge < -0.3 is 4.90 Å². The fraction of sp³-hybridized carbons (Fsp3) is 0.243. The minimum atomic E-state index is 0.240. The molecular weight excluding hydrogens is 458 g/mol. The Bertz CT molecular complexity index is 1370. The van der Waals surface area contributed by atoms with E-state index in [0.29, 0.717) is 0 Å². The van der Waals surface area contributed by atoms with Gasteiger partial charge in [0, 0.05) is 18.8 Å². The van der Waals surface area contributed by atoms with Crippen LogP contribution in [0.25, 0.3) is 11.1 Å². The van der Waals surface area contributed by atoms with Crippen LogP contribution in [0.3, 0.4) is 0 Å². The molecule has 0 N–H and O–H groups in total. The Hall–Kier alpha value is -3.84. The lowest BCUT2D eigenvalue weighted by Gasteiger charge is -2.32. The van der Waals surface area contributed by atoms with Gasteiger partial charge in [0.1, 0.15) is 0 Å². The second-order valence-electron chi connectivity index (χ2n) is 10.2. The zero-order valence-corrected chi connectivity index (χ0v) is 23.5. The molecule has 0 fully saturated rings. The van der Waals surface area contributed by atoms with E-state index >= 15 is 0 Å². The van der Waals surface area contributed by atoms with Crippen molar-refractivity contribution in [3.8, 4) is 0 Å². The second kappa shape index (κ2) is 13.1. The highest BCUT2D eigenvalue weighted by Crippen LogP contribution is 2.36. The number of likely N-dealkylation sites (N-methyl/N-ethyl adjacent to an activating group) is 1. The summed E-state index contributed by atoms with van der Waals surface area (Å²) in [7, 11) is 2.19. The molecule has 4 rings (SSSR count). The molecular formula is C37H41N. The SMILES string of the molecule is C=C(CCCc1ccccc1C1C=C(C)C(c2ccccc2)=CN1C)/C(=C\C=C/C)c1cccc(CC)c1. The molecule has 0 aromatic heterocycles. The maximum absolute atomic E-state index is 4.51. The fourth-order valence-corrected chi connectivity index (χ4v) is 5.31. The minimum Gasteiger partial charge on any atom is -0.369 e. The van der Waals surface area contributed by atoms with E-state index in [2.05, 4.69) is 149 Å². The summed E-state index contributed by atoms with van der Waals surface area (Å²) in [5.41, 5.74) is 11.8. The highest BCUT2D eigenvalue weighted by atomic mass is 15.1. The number of hydrogen-bond acceptors (Lipinski definition) is 1. The van der Waals surface area contributed by atoms with Crippen molar-refractivity contribution in [3.05, 3.63) is 155 Å². The molecule has 1 nitrogen and oxygen atoms in total. The van der Waals surface area contributed by atoms with Gasteiger partial charge >= 0.3 is 0 Å². The Balaban J connectivity index is 1.48. The highest BCUT2D eigenvalue weighted by molar-refractivity contribution is 5.80. The van der Waals surface area contributed by atoms with Gasteiger partial charge in [-0.25, -0.2) is 0 Å². The summed E-state index contributed by atoms with van der Waals surface area (Å²) in [6.07, 6.45) is 15.3. The van der Waals surface area contributed by atoms with Crippen LogP contribution < -0.4 is 0 Å². The van der Waals surface area contributed by atoms with E-state index in [9.17, 15) is 0 Å². The topological polar surface area (TPSA) is 3.24 Å². The third kappa shape index (κ3) is 6.53. The molecule has 1 unspecified atom stereocenters. The van der Waals surface area contributed by atoms with Gasteiger partial charge in [-0.15, -0.1) is 0 Å². The van der Waals surface area contributed by atoms with Crippen LogP contribution in [0.5, 0.6) is 0 Å². The quantitative estimate of drug-likeness (QED) is 0.251. The van der Waals surface area contributed by atoms with E-state index in [1.807, 2.05) is 0 Å². The molecule has 0 radical (unpaired) electrons. The van der Waals surface area contributed by atoms with Crippen molar-refractivity contribution in [3.63, 3.8) is 0 Å². The second-order valence-corrected chi connectivity index (χ2v) is 10.2. The van der Waals surface area contributed by atoms with Crippen molar-refractivity contribution in [1.82, 2.24) is 4.90 Å². The summed E-state index contributed by atoms with van der Waals surface area (Å²) in [6, 6.07) is 28.7. The largest absolute Gasteiger partial charge is 0.369 e. The standard InChI is InChI=1S/C37H41N/c1-6-8-23-34(33-22-15-17-30(7-2)26-33)28(3)16-14-21-31-20-12-13-24-35(31)37-25-29(4)36(27-38(37)5)32-18-10-9-11-19-32/h6,8-13,15,17-20,22-27,37H,3,7,14,16,21H2,1-2,4-5H3/b8-6-,34-23+. The van der Waals surface area contributed by atoms with E-state index in [1.54, 1.807) is 0 Å². The molecule has 0 amide bonds. The first kappa shape index (κ1) is 27.2. The van der Waals surface area contributed by atoms with Gasteiger partial charge in [0.15, 0.2) is 0 Å². The van der Waals surface area contributed by atoms with Crippen LogP contribution in [0.2, 0.25) is 0 Å². The van der Waals surface area contributed by atoms with Gasteiger partial charge in [-0.2, -0.15) is 0 Å². The average Bonchev–Trinajstić information content (AvgIpc) is 2.95. The monoisotopic (exact) mass is 499 g/mol. The van der Waals surface area contributed by atoms with Crippen LogP contribution in [-0.2, 0) is 12.8 Å². The molecule has 1 aliphatic heterocycles. The zero-order valence-electron chi connectivity index (χ0n) is 23.5. The normalized spacial score (nSPS) is 15.9. The first-order valence-corrected chi connectivity index (χ1v) is 13.9. The third-order valence-electron chi connectivity index (χ3n) is 7.47. The lowest BCUT2D eigenvalue weighted by atomic mass is 9.88. The summed E-state index contributed by atoms with van der Waals surface area (Å²) in [6.45, 7) is 11.0. The van der Waals surface area contributed by atoms with Crippen molar-refractivity contribution < 1.29 is 0 Å². The van der Waals surface area contributed by atoms with E-state index in [-0.39, 0.29) is 6.04 Å². The first-order valence-electron chi connectivity index (χ1n) is 13.9. The smallest absolute Gasteiger partial charge is 0.0726 e. The van der Waals surface area contributed by atoms with Gasteiger partial charge in [0.05, 0.1) is 6.04 Å². The van der Waals surface area contributed by atoms with Crippen LogP contribution in [0.15, 0.2) is 127 Å². The van der Waals surface area contributed by atoms with Crippen molar-refractivity contribution in [2.24, 2.45) is 0 Å². The van der Waals surface area contributed by atoms with E-state index < -0.39 is 0 Å². The predicted molar refractivity (Wildman–Crippen MR) is 166 cm³/mol. The fourth-order valence-electron chi connectivity index (χ4n) is 5.31. The Kier molecular flexibility index (Phi) is 9.38. The molecule has 0 saturated heterocycles. The maximum atomic E-state index is 4.51. The van der Waals surface area contributed by atoms with Crippen LogP contribution in [0.4, 0.5) is 0 Å². The van der Waals surface area contributed by atoms with Gasteiger partial charge in [0.2, 0.25) is 0 Å². The van der Waals surface area contributed by atoms with E-state index in [1.165, 1.54) is 50.1 Å². The van der Waals surface area contributed by atoms with Gasteiger partial charge in [-0.3, -0.25) is 0 Å². The summed E-state index contributed by atoms with van der Waals surface area (Å²) >= 11 is 0. The molecule has 1 heteroatoms. The molecule has 1 heterocycles. The Labute approximate surface area is 230 Å². The van der Waals surface area contributed by atoms with Crippen molar-refractivity contribution in [1.29, 1.82) is 0 Å². The van der Waals surface area contributed by atoms with Gasteiger partial charge in [0.25, 0.3) is 0 Å². The molecule has 0 aliphatic carbocycles. The summed E-state index contributed by atoms with van der Waals surface area (Å²) in [4.78, 5) is 2.35. The van der Waals surface area contributed by atoms with Crippen molar-refractivity contribution >= 4 is 11.1 Å². The Morgan fingerprint density at radius 2 is 1.74 bits per heavy atom. The number of nitrogens with zero attached hydrogens (tertiary/aromatic N) is 1. The Morgan fingerprint density at radius 1 is 0.974 bits per heavy atom. The molecule has 3 aromatic rings. The van der Waals surface area contributed by atoms with Crippen molar-refractivity contribution in [2.75, 3.05) is 7.05 Å². The number of allylic oxidation sites excluding steroid dienone is 7. The Morgan fingerprint density at radius 3 is 2.50 bits per heavy atom. The third-order valence-corrected chi connectivity index (χ3v) is 7.47. The van der Waals surface area contributed by atoms with Gasteiger partial charge in [-0.05, 0) is 84.1 Å². The molecule has 0 bridgehead atoms. The number of hydrogen-bond donors (Lipinski definition) is 0. The molecule has 194 valence electrons. The molecule has 3 aromatic carbocycles. The van der Waals surface area contributed by atoms with Crippen LogP contribution in [0, 0.1) is 0 Å². The average molecular weight is 500 g/mol. The van der Waals surface area contributed by atoms with Crippen molar-refractivity contribution in [2.45, 2.75) is 52.5 Å². The summed E-state index contributed by atoms with van der Waals surface area (Å²) in [5.74, 6) is 0. The van der Waals surface area contributed by atoms with Crippen LogP contribution >= 0.6 is 0 Å².